The van der Waals surface area contributed by atoms with Gasteiger partial charge in [-0.05, 0) is 6.26 Å². The second kappa shape index (κ2) is 8.32. The first kappa shape index (κ1) is 17.8. The second-order valence-corrected chi connectivity index (χ2v) is 8.98. The average molecular weight is 368 g/mol. The van der Waals surface area contributed by atoms with Crippen molar-refractivity contribution in [2.75, 3.05) is 37.3 Å². The van der Waals surface area contributed by atoms with Crippen molar-refractivity contribution in [3.05, 3.63) is 16.8 Å². The molecule has 0 bridgehead atoms. The van der Waals surface area contributed by atoms with Gasteiger partial charge in [-0.1, -0.05) is 21.6 Å². The fourth-order valence-electron chi connectivity index (χ4n) is 1.67. The van der Waals surface area contributed by atoms with E-state index in [0.717, 1.165) is 5.75 Å². The standard InChI is InChI=1S/C10H17N4O5PS2/c1-21-22-3-2-18-20(16)7-17-8(5-19-20)4-14-6-12-9(11)13-10(14)15/h6,8H,2-5,7H2,1H3,(H2,11,13,15). The third-order valence-corrected chi connectivity index (χ3v) is 6.04. The molecule has 1 aliphatic heterocycles. The highest BCUT2D eigenvalue weighted by Crippen LogP contribution is 2.50. The smallest absolute Gasteiger partial charge is 0.356 e. The minimum Gasteiger partial charge on any atom is -0.368 e. The molecule has 22 heavy (non-hydrogen) atoms. The van der Waals surface area contributed by atoms with Crippen molar-refractivity contribution in [2.24, 2.45) is 0 Å². The molecule has 0 amide bonds. The van der Waals surface area contributed by atoms with E-state index in [1.807, 2.05) is 6.26 Å². The van der Waals surface area contributed by atoms with E-state index in [4.69, 9.17) is 19.5 Å². The third-order valence-electron chi connectivity index (χ3n) is 2.68. The Morgan fingerprint density at radius 3 is 3.09 bits per heavy atom. The molecule has 0 radical (unpaired) electrons. The average Bonchev–Trinajstić information content (AvgIpc) is 2.49. The molecule has 1 aliphatic rings. The van der Waals surface area contributed by atoms with Gasteiger partial charge < -0.3 is 19.5 Å². The van der Waals surface area contributed by atoms with Crippen LogP contribution in [-0.2, 0) is 24.9 Å². The predicted molar refractivity (Wildman–Crippen MR) is 85.9 cm³/mol. The van der Waals surface area contributed by atoms with Gasteiger partial charge in [0, 0.05) is 5.75 Å². The maximum Gasteiger partial charge on any atom is 0.356 e. The lowest BCUT2D eigenvalue weighted by Gasteiger charge is -2.28. The van der Waals surface area contributed by atoms with Crippen molar-refractivity contribution >= 4 is 35.1 Å². The van der Waals surface area contributed by atoms with Crippen molar-refractivity contribution in [1.82, 2.24) is 14.5 Å². The number of hydrogen-bond acceptors (Lipinski definition) is 10. The van der Waals surface area contributed by atoms with Crippen LogP contribution in [-0.4, -0.2) is 52.2 Å². The Morgan fingerprint density at radius 1 is 1.64 bits per heavy atom. The van der Waals surface area contributed by atoms with Gasteiger partial charge >= 0.3 is 13.3 Å². The summed E-state index contributed by atoms with van der Waals surface area (Å²) in [5, 5.41) is 0. The second-order valence-electron chi connectivity index (χ2n) is 4.30. The maximum atomic E-state index is 12.2. The van der Waals surface area contributed by atoms with Crippen LogP contribution in [0.1, 0.15) is 0 Å². The number of ether oxygens (including phenoxy) is 1. The van der Waals surface area contributed by atoms with E-state index >= 15 is 0 Å². The zero-order chi connectivity index (χ0) is 16.0. The van der Waals surface area contributed by atoms with Gasteiger partial charge in [0.25, 0.3) is 0 Å². The van der Waals surface area contributed by atoms with Crippen LogP contribution in [0.25, 0.3) is 0 Å². The molecule has 0 aliphatic carbocycles. The zero-order valence-corrected chi connectivity index (χ0v) is 14.4. The Bertz CT molecular complexity index is 589. The van der Waals surface area contributed by atoms with Gasteiger partial charge in [0.15, 0.2) is 0 Å². The van der Waals surface area contributed by atoms with Gasteiger partial charge in [-0.25, -0.2) is 9.78 Å². The van der Waals surface area contributed by atoms with Crippen LogP contribution in [0.5, 0.6) is 0 Å². The summed E-state index contributed by atoms with van der Waals surface area (Å²) in [5.41, 5.74) is 4.80. The molecule has 2 heterocycles. The van der Waals surface area contributed by atoms with E-state index in [-0.39, 0.29) is 25.4 Å². The highest BCUT2D eigenvalue weighted by atomic mass is 33.1. The number of hydrogen-bond donors (Lipinski definition) is 1. The monoisotopic (exact) mass is 368 g/mol. The number of nitrogen functional groups attached to an aromatic ring is 1. The summed E-state index contributed by atoms with van der Waals surface area (Å²) in [6, 6.07) is 0. The predicted octanol–water partition coefficient (Wildman–Crippen LogP) is 0.814. The molecule has 9 nitrogen and oxygen atoms in total. The van der Waals surface area contributed by atoms with Gasteiger partial charge in [0.05, 0.1) is 19.8 Å². The van der Waals surface area contributed by atoms with Gasteiger partial charge in [0.2, 0.25) is 5.95 Å². The third kappa shape index (κ3) is 5.25. The van der Waals surface area contributed by atoms with Gasteiger partial charge in [-0.15, -0.1) is 0 Å². The van der Waals surface area contributed by atoms with Crippen LogP contribution >= 0.6 is 29.2 Å². The van der Waals surface area contributed by atoms with E-state index in [1.54, 1.807) is 21.6 Å². The lowest BCUT2D eigenvalue weighted by Crippen LogP contribution is -2.35. The van der Waals surface area contributed by atoms with Crippen LogP contribution in [0, 0.1) is 0 Å². The molecule has 2 rings (SSSR count). The Balaban J connectivity index is 1.81. The molecule has 2 unspecified atom stereocenters. The Labute approximate surface area is 135 Å². The Morgan fingerprint density at radius 2 is 2.45 bits per heavy atom. The first-order chi connectivity index (χ1) is 10.5. The van der Waals surface area contributed by atoms with E-state index in [0.29, 0.717) is 6.61 Å². The van der Waals surface area contributed by atoms with E-state index < -0.39 is 19.4 Å². The summed E-state index contributed by atoms with van der Waals surface area (Å²) in [6.07, 6.45) is 2.70. The number of anilines is 1. The van der Waals surface area contributed by atoms with E-state index in [9.17, 15) is 9.36 Å². The molecule has 1 aromatic rings. The van der Waals surface area contributed by atoms with Crippen molar-refractivity contribution in [2.45, 2.75) is 12.6 Å². The normalized spacial score (nSPS) is 25.2. The topological polar surface area (TPSA) is 119 Å². The number of nitrogens with two attached hydrogens (primary N) is 1. The van der Waals surface area contributed by atoms with Gasteiger partial charge in [-0.2, -0.15) is 4.98 Å². The van der Waals surface area contributed by atoms with Gasteiger partial charge in [0.1, 0.15) is 18.8 Å². The molecular weight excluding hydrogens is 351 g/mol. The fourth-order valence-corrected chi connectivity index (χ4v) is 4.19. The summed E-state index contributed by atoms with van der Waals surface area (Å²) in [6.45, 7) is 0.604. The number of aromatic nitrogens is 3. The minimum absolute atomic E-state index is 0.0732. The molecule has 2 atom stereocenters. The van der Waals surface area contributed by atoms with Crippen LogP contribution in [0.2, 0.25) is 0 Å². The molecule has 0 spiro atoms. The molecule has 1 saturated heterocycles. The molecule has 1 fully saturated rings. The summed E-state index contributed by atoms with van der Waals surface area (Å²) in [7, 11) is 0.0265. The number of rotatable bonds is 7. The number of nitrogens with zero attached hydrogens (tertiary/aromatic N) is 3. The molecule has 12 heteroatoms. The summed E-state index contributed by atoms with van der Waals surface area (Å²) < 4.78 is 29.5. The lowest BCUT2D eigenvalue weighted by atomic mass is 10.4. The summed E-state index contributed by atoms with van der Waals surface area (Å²) in [4.78, 5) is 18.9. The minimum atomic E-state index is -3.20. The Hall–Kier alpha value is -0.580. The lowest BCUT2D eigenvalue weighted by molar-refractivity contribution is -0.0138. The maximum absolute atomic E-state index is 12.2. The van der Waals surface area contributed by atoms with Crippen LogP contribution < -0.4 is 11.4 Å². The van der Waals surface area contributed by atoms with Crippen LogP contribution in [0.3, 0.4) is 0 Å². The SMILES string of the molecule is CSSCCOP1(=O)COC(Cn2cnc(N)nc2=O)CO1. The van der Waals surface area contributed by atoms with Crippen molar-refractivity contribution in [3.63, 3.8) is 0 Å². The molecule has 0 saturated carbocycles. The van der Waals surface area contributed by atoms with E-state index in [2.05, 4.69) is 9.97 Å². The Kier molecular flexibility index (Phi) is 6.72. The molecule has 1 aromatic heterocycles. The highest BCUT2D eigenvalue weighted by Gasteiger charge is 2.33. The summed E-state index contributed by atoms with van der Waals surface area (Å²) >= 11 is 0. The largest absolute Gasteiger partial charge is 0.368 e. The summed E-state index contributed by atoms with van der Waals surface area (Å²) in [5.74, 6) is 0.638. The molecular formula is C10H17N4O5PS2. The van der Waals surface area contributed by atoms with E-state index in [1.165, 1.54) is 10.9 Å². The highest BCUT2D eigenvalue weighted by molar-refractivity contribution is 8.76. The molecule has 124 valence electrons. The van der Waals surface area contributed by atoms with Crippen molar-refractivity contribution in [1.29, 1.82) is 0 Å². The van der Waals surface area contributed by atoms with Gasteiger partial charge in [-0.3, -0.25) is 9.13 Å². The van der Waals surface area contributed by atoms with Crippen LogP contribution in [0.15, 0.2) is 11.1 Å². The molecule has 2 N–H and O–H groups in total. The van der Waals surface area contributed by atoms with Crippen LogP contribution in [0.4, 0.5) is 5.95 Å². The first-order valence-electron chi connectivity index (χ1n) is 6.37. The quantitative estimate of drug-likeness (QED) is 0.421. The van der Waals surface area contributed by atoms with Crippen molar-refractivity contribution in [3.8, 4) is 0 Å². The molecule has 0 aromatic carbocycles. The first-order valence-corrected chi connectivity index (χ1v) is 10.8. The zero-order valence-electron chi connectivity index (χ0n) is 11.9. The fraction of sp³-hybridized carbons (Fsp3) is 0.700. The van der Waals surface area contributed by atoms with Crippen molar-refractivity contribution < 1.29 is 18.3 Å².